The van der Waals surface area contributed by atoms with E-state index < -0.39 is 0 Å². The second kappa shape index (κ2) is 8.28. The van der Waals surface area contributed by atoms with Gasteiger partial charge in [-0.2, -0.15) is 4.99 Å². The summed E-state index contributed by atoms with van der Waals surface area (Å²) < 4.78 is 5.77. The third kappa shape index (κ3) is 4.16. The Balaban J connectivity index is 1.20. The van der Waals surface area contributed by atoms with Crippen LogP contribution in [0.3, 0.4) is 0 Å². The predicted molar refractivity (Wildman–Crippen MR) is 122 cm³/mol. The molecule has 1 saturated heterocycles. The minimum atomic E-state index is -0.133. The summed E-state index contributed by atoms with van der Waals surface area (Å²) in [4.78, 5) is 22.2. The maximum atomic E-state index is 12.5. The Labute approximate surface area is 181 Å². The fourth-order valence-electron chi connectivity index (χ4n) is 4.16. The molecule has 0 saturated carbocycles. The van der Waals surface area contributed by atoms with Crippen LogP contribution in [0.15, 0.2) is 58.4 Å². The molecule has 5 nitrogen and oxygen atoms in total. The Morgan fingerprint density at radius 2 is 1.93 bits per heavy atom. The molecule has 5 rings (SSSR count). The average molecular weight is 420 g/mol. The van der Waals surface area contributed by atoms with Crippen molar-refractivity contribution in [3.8, 4) is 5.75 Å². The lowest BCUT2D eigenvalue weighted by molar-refractivity contribution is -0.113. The predicted octanol–water partition coefficient (Wildman–Crippen LogP) is 3.80. The van der Waals surface area contributed by atoms with Crippen LogP contribution >= 0.6 is 11.8 Å². The van der Waals surface area contributed by atoms with Crippen molar-refractivity contribution in [1.29, 1.82) is 0 Å². The summed E-state index contributed by atoms with van der Waals surface area (Å²) in [6.45, 7) is 6.79. The van der Waals surface area contributed by atoms with E-state index in [9.17, 15) is 4.79 Å². The number of rotatable bonds is 3. The van der Waals surface area contributed by atoms with Crippen molar-refractivity contribution >= 4 is 28.9 Å². The summed E-state index contributed by atoms with van der Waals surface area (Å²) in [6.07, 6.45) is 3.10. The summed E-state index contributed by atoms with van der Waals surface area (Å²) in [5.74, 6) is 0.826. The van der Waals surface area contributed by atoms with Crippen molar-refractivity contribution in [3.63, 3.8) is 0 Å². The standard InChI is InChI=1S/C24H25N3O2S/c1-17-13-20-14-19(7-8-21(20)29-17)15-22-23(28)25-24(30-22)27-11-9-26(10-12-27)16-18-5-3-2-4-6-18/h2-8,14-15,17H,9-13,16H2,1H3/b22-15-/t17-/m1/s1. The highest BCUT2D eigenvalue weighted by Gasteiger charge is 2.28. The maximum absolute atomic E-state index is 12.5. The zero-order valence-corrected chi connectivity index (χ0v) is 17.9. The van der Waals surface area contributed by atoms with Crippen molar-refractivity contribution in [3.05, 3.63) is 70.1 Å². The van der Waals surface area contributed by atoms with Gasteiger partial charge >= 0.3 is 0 Å². The van der Waals surface area contributed by atoms with Gasteiger partial charge in [-0.3, -0.25) is 9.69 Å². The molecule has 154 valence electrons. The van der Waals surface area contributed by atoms with Crippen molar-refractivity contribution in [2.45, 2.75) is 26.0 Å². The molecule has 1 atom stereocenters. The highest BCUT2D eigenvalue weighted by molar-refractivity contribution is 8.18. The third-order valence-electron chi connectivity index (χ3n) is 5.72. The van der Waals surface area contributed by atoms with Crippen molar-refractivity contribution in [1.82, 2.24) is 9.80 Å². The molecule has 2 aromatic rings. The first kappa shape index (κ1) is 19.4. The highest BCUT2D eigenvalue weighted by atomic mass is 32.2. The molecule has 0 aliphatic carbocycles. The van der Waals surface area contributed by atoms with Crippen LogP contribution in [0.2, 0.25) is 0 Å². The van der Waals surface area contributed by atoms with E-state index in [2.05, 4.69) is 58.1 Å². The third-order valence-corrected chi connectivity index (χ3v) is 6.76. The van der Waals surface area contributed by atoms with Crippen molar-refractivity contribution < 1.29 is 9.53 Å². The molecule has 3 aliphatic rings. The topological polar surface area (TPSA) is 45.1 Å². The van der Waals surface area contributed by atoms with Crippen LogP contribution in [-0.2, 0) is 17.8 Å². The van der Waals surface area contributed by atoms with E-state index in [-0.39, 0.29) is 12.0 Å². The zero-order chi connectivity index (χ0) is 20.5. The molecule has 0 aromatic heterocycles. The van der Waals surface area contributed by atoms with Gasteiger partial charge < -0.3 is 9.64 Å². The van der Waals surface area contributed by atoms with Gasteiger partial charge in [-0.1, -0.05) is 36.4 Å². The van der Waals surface area contributed by atoms with E-state index in [1.54, 1.807) is 0 Å². The molecule has 0 bridgehead atoms. The normalized spacial score (nSPS) is 22.9. The van der Waals surface area contributed by atoms with E-state index >= 15 is 0 Å². The fraction of sp³-hybridized carbons (Fsp3) is 0.333. The van der Waals surface area contributed by atoms with Crippen LogP contribution < -0.4 is 4.74 Å². The highest BCUT2D eigenvalue weighted by Crippen LogP contribution is 2.33. The van der Waals surface area contributed by atoms with E-state index in [0.29, 0.717) is 4.91 Å². The van der Waals surface area contributed by atoms with Crippen LogP contribution in [-0.4, -0.2) is 53.2 Å². The Hall–Kier alpha value is -2.57. The van der Waals surface area contributed by atoms with Crippen LogP contribution in [0, 0.1) is 0 Å². The molecule has 1 fully saturated rings. The minimum Gasteiger partial charge on any atom is -0.490 e. The number of carbonyl (C=O) groups is 1. The van der Waals surface area contributed by atoms with E-state index in [1.807, 2.05) is 18.2 Å². The summed E-state index contributed by atoms with van der Waals surface area (Å²) in [5.41, 5.74) is 3.59. The Kier molecular flexibility index (Phi) is 5.35. The maximum Gasteiger partial charge on any atom is 0.286 e. The second-order valence-electron chi connectivity index (χ2n) is 8.06. The number of carbonyl (C=O) groups excluding carboxylic acids is 1. The summed E-state index contributed by atoms with van der Waals surface area (Å²) in [6, 6.07) is 16.7. The van der Waals surface area contributed by atoms with Gasteiger partial charge in [-0.15, -0.1) is 0 Å². The molecule has 0 spiro atoms. The number of nitrogens with zero attached hydrogens (tertiary/aromatic N) is 3. The fourth-order valence-corrected chi connectivity index (χ4v) is 5.12. The van der Waals surface area contributed by atoms with Gasteiger partial charge in [-0.05, 0) is 53.6 Å². The molecule has 0 unspecified atom stereocenters. The number of piperazine rings is 1. The number of amides is 1. The quantitative estimate of drug-likeness (QED) is 0.708. The molecule has 0 radical (unpaired) electrons. The van der Waals surface area contributed by atoms with E-state index in [0.717, 1.165) is 55.6 Å². The van der Waals surface area contributed by atoms with Crippen molar-refractivity contribution in [2.24, 2.45) is 4.99 Å². The van der Waals surface area contributed by atoms with E-state index in [1.165, 1.54) is 22.9 Å². The van der Waals surface area contributed by atoms with Gasteiger partial charge in [0.25, 0.3) is 5.91 Å². The van der Waals surface area contributed by atoms with Crippen LogP contribution in [0.5, 0.6) is 5.75 Å². The Bertz CT molecular complexity index is 1010. The minimum absolute atomic E-state index is 0.133. The molecule has 3 heterocycles. The number of hydrogen-bond acceptors (Lipinski definition) is 5. The van der Waals surface area contributed by atoms with E-state index in [4.69, 9.17) is 4.74 Å². The Morgan fingerprint density at radius 3 is 2.73 bits per heavy atom. The molecular weight excluding hydrogens is 394 g/mol. The number of thioether (sulfide) groups is 1. The number of benzene rings is 2. The van der Waals surface area contributed by atoms with Crippen LogP contribution in [0.1, 0.15) is 23.6 Å². The molecule has 3 aliphatic heterocycles. The number of ether oxygens (including phenoxy) is 1. The van der Waals surface area contributed by atoms with Crippen LogP contribution in [0.4, 0.5) is 0 Å². The lowest BCUT2D eigenvalue weighted by Crippen LogP contribution is -2.47. The molecule has 2 aromatic carbocycles. The van der Waals surface area contributed by atoms with Gasteiger partial charge in [-0.25, -0.2) is 0 Å². The van der Waals surface area contributed by atoms with Gasteiger partial charge in [0.1, 0.15) is 11.9 Å². The number of fused-ring (bicyclic) bond motifs is 1. The summed E-state index contributed by atoms with van der Waals surface area (Å²) in [5, 5.41) is 0.837. The molecule has 6 heteroatoms. The van der Waals surface area contributed by atoms with Gasteiger partial charge in [0.2, 0.25) is 0 Å². The van der Waals surface area contributed by atoms with Crippen LogP contribution in [0.25, 0.3) is 6.08 Å². The SMILES string of the molecule is C[C@@H]1Cc2cc(/C=C3\SC(N4CCN(Cc5ccccc5)CC4)=NC3=O)ccc2O1. The molecule has 30 heavy (non-hydrogen) atoms. The summed E-state index contributed by atoms with van der Waals surface area (Å²) in [7, 11) is 0. The zero-order valence-electron chi connectivity index (χ0n) is 17.1. The lowest BCUT2D eigenvalue weighted by atomic mass is 10.1. The number of amidine groups is 1. The van der Waals surface area contributed by atoms with Gasteiger partial charge in [0, 0.05) is 39.1 Å². The Morgan fingerprint density at radius 1 is 1.13 bits per heavy atom. The van der Waals surface area contributed by atoms with Gasteiger partial charge in [0.15, 0.2) is 5.17 Å². The lowest BCUT2D eigenvalue weighted by Gasteiger charge is -2.35. The molecular formula is C24H25N3O2S. The average Bonchev–Trinajstić information content (AvgIpc) is 3.30. The first-order valence-electron chi connectivity index (χ1n) is 10.5. The largest absolute Gasteiger partial charge is 0.490 e. The van der Waals surface area contributed by atoms with Crippen molar-refractivity contribution in [2.75, 3.05) is 26.2 Å². The first-order chi connectivity index (χ1) is 14.6. The second-order valence-corrected chi connectivity index (χ2v) is 9.07. The number of hydrogen-bond donors (Lipinski definition) is 0. The molecule has 1 amide bonds. The van der Waals surface area contributed by atoms with Gasteiger partial charge in [0.05, 0.1) is 4.91 Å². The monoisotopic (exact) mass is 419 g/mol. The molecule has 0 N–H and O–H groups in total. The summed E-state index contributed by atoms with van der Waals surface area (Å²) >= 11 is 1.50. The first-order valence-corrected chi connectivity index (χ1v) is 11.3. The number of aliphatic imine (C=N–C) groups is 1. The smallest absolute Gasteiger partial charge is 0.286 e.